The quantitative estimate of drug-likeness (QED) is 0.825. The van der Waals surface area contributed by atoms with Crippen molar-refractivity contribution in [1.29, 1.82) is 0 Å². The average molecular weight is 334 g/mol. The molecule has 0 saturated heterocycles. The molecule has 6 heteroatoms. The number of aromatic nitrogens is 1. The van der Waals surface area contributed by atoms with E-state index in [9.17, 15) is 9.59 Å². The lowest BCUT2D eigenvalue weighted by molar-refractivity contribution is -0.124. The molecule has 0 aliphatic rings. The third kappa shape index (κ3) is 4.01. The van der Waals surface area contributed by atoms with Crippen LogP contribution in [0.25, 0.3) is 0 Å². The predicted octanol–water partition coefficient (Wildman–Crippen LogP) is 3.22. The standard InChI is InChI=1S/C17H22N2O3S/c1-5-19-11(2)9-14(13(19)4)17(21)22-10-16(20)18-12(3)15-7-6-8-23-15/h6-9,12H,5,10H2,1-4H3,(H,18,20)/t12-/m0/s1. The van der Waals surface area contributed by atoms with Crippen molar-refractivity contribution >= 4 is 23.2 Å². The van der Waals surface area contributed by atoms with Gasteiger partial charge in [0.25, 0.3) is 5.91 Å². The van der Waals surface area contributed by atoms with E-state index in [0.717, 1.165) is 22.8 Å². The average Bonchev–Trinajstić information content (AvgIpc) is 3.13. The van der Waals surface area contributed by atoms with Crippen molar-refractivity contribution < 1.29 is 14.3 Å². The maximum Gasteiger partial charge on any atom is 0.340 e. The van der Waals surface area contributed by atoms with Crippen LogP contribution in [0.5, 0.6) is 0 Å². The Bertz CT molecular complexity index is 689. The highest BCUT2D eigenvalue weighted by molar-refractivity contribution is 7.10. The number of nitrogens with zero attached hydrogens (tertiary/aromatic N) is 1. The fourth-order valence-corrected chi connectivity index (χ4v) is 3.33. The summed E-state index contributed by atoms with van der Waals surface area (Å²) in [5.41, 5.74) is 2.39. The Kier molecular flexibility index (Phi) is 5.60. The van der Waals surface area contributed by atoms with Gasteiger partial charge < -0.3 is 14.6 Å². The topological polar surface area (TPSA) is 60.3 Å². The molecule has 2 aromatic rings. The number of nitrogens with one attached hydrogen (secondary N) is 1. The first-order valence-electron chi connectivity index (χ1n) is 7.60. The number of esters is 1. The molecular formula is C17H22N2O3S. The molecule has 2 heterocycles. The van der Waals surface area contributed by atoms with Gasteiger partial charge in [0.05, 0.1) is 11.6 Å². The fourth-order valence-electron chi connectivity index (χ4n) is 2.60. The molecule has 2 rings (SSSR count). The van der Waals surface area contributed by atoms with Crippen LogP contribution in [0, 0.1) is 13.8 Å². The number of hydrogen-bond acceptors (Lipinski definition) is 4. The molecule has 5 nitrogen and oxygen atoms in total. The molecule has 2 aromatic heterocycles. The summed E-state index contributed by atoms with van der Waals surface area (Å²) in [5, 5.41) is 4.78. The first-order chi connectivity index (χ1) is 10.9. The molecule has 124 valence electrons. The highest BCUT2D eigenvalue weighted by atomic mass is 32.1. The zero-order valence-corrected chi connectivity index (χ0v) is 14.7. The summed E-state index contributed by atoms with van der Waals surface area (Å²) in [7, 11) is 0. The first-order valence-corrected chi connectivity index (χ1v) is 8.48. The molecule has 0 unspecified atom stereocenters. The second-order valence-corrected chi connectivity index (χ2v) is 6.39. The number of aryl methyl sites for hydroxylation is 1. The number of carbonyl (C=O) groups is 2. The van der Waals surface area contributed by atoms with Gasteiger partial charge in [0.1, 0.15) is 0 Å². The monoisotopic (exact) mass is 334 g/mol. The summed E-state index contributed by atoms with van der Waals surface area (Å²) in [6.45, 7) is 8.28. The lowest BCUT2D eigenvalue weighted by Crippen LogP contribution is -2.30. The van der Waals surface area contributed by atoms with Crippen molar-refractivity contribution in [3.63, 3.8) is 0 Å². The van der Waals surface area contributed by atoms with E-state index in [-0.39, 0.29) is 18.6 Å². The lowest BCUT2D eigenvalue weighted by atomic mass is 10.2. The van der Waals surface area contributed by atoms with E-state index in [0.29, 0.717) is 5.56 Å². The predicted molar refractivity (Wildman–Crippen MR) is 90.7 cm³/mol. The van der Waals surface area contributed by atoms with Crippen LogP contribution < -0.4 is 5.32 Å². The normalized spacial score (nSPS) is 12.0. The van der Waals surface area contributed by atoms with Crippen molar-refractivity contribution in [2.24, 2.45) is 0 Å². The molecule has 0 aliphatic carbocycles. The Balaban J connectivity index is 1.90. The van der Waals surface area contributed by atoms with E-state index < -0.39 is 5.97 Å². The SMILES string of the molecule is CCn1c(C)cc(C(=O)OCC(=O)N[C@@H](C)c2cccs2)c1C. The maximum atomic E-state index is 12.2. The maximum absolute atomic E-state index is 12.2. The highest BCUT2D eigenvalue weighted by Crippen LogP contribution is 2.18. The number of thiophene rings is 1. The first kappa shape index (κ1) is 17.3. The van der Waals surface area contributed by atoms with Crippen LogP contribution in [0.3, 0.4) is 0 Å². The van der Waals surface area contributed by atoms with E-state index in [1.807, 2.05) is 49.8 Å². The van der Waals surface area contributed by atoms with Crippen molar-refractivity contribution in [2.45, 2.75) is 40.3 Å². The molecule has 23 heavy (non-hydrogen) atoms. The summed E-state index contributed by atoms with van der Waals surface area (Å²) in [6, 6.07) is 5.60. The summed E-state index contributed by atoms with van der Waals surface area (Å²) < 4.78 is 7.18. The fraction of sp³-hybridized carbons (Fsp3) is 0.412. The van der Waals surface area contributed by atoms with Gasteiger partial charge in [0, 0.05) is 22.8 Å². The smallest absolute Gasteiger partial charge is 0.340 e. The van der Waals surface area contributed by atoms with Crippen molar-refractivity contribution in [2.75, 3.05) is 6.61 Å². The zero-order valence-electron chi connectivity index (χ0n) is 13.9. The Morgan fingerprint density at radius 1 is 1.39 bits per heavy atom. The molecule has 0 bridgehead atoms. The minimum atomic E-state index is -0.461. The second-order valence-electron chi connectivity index (χ2n) is 5.41. The van der Waals surface area contributed by atoms with Gasteiger partial charge in [0.2, 0.25) is 0 Å². The molecule has 0 fully saturated rings. The van der Waals surface area contributed by atoms with Crippen molar-refractivity contribution in [1.82, 2.24) is 9.88 Å². The second kappa shape index (κ2) is 7.46. The zero-order chi connectivity index (χ0) is 17.0. The van der Waals surface area contributed by atoms with Gasteiger partial charge in [0.15, 0.2) is 6.61 Å². The Morgan fingerprint density at radius 3 is 2.70 bits per heavy atom. The van der Waals surface area contributed by atoms with E-state index in [2.05, 4.69) is 5.32 Å². The van der Waals surface area contributed by atoms with Gasteiger partial charge in [-0.2, -0.15) is 0 Å². The Hall–Kier alpha value is -2.08. The van der Waals surface area contributed by atoms with E-state index >= 15 is 0 Å². The molecule has 0 aliphatic heterocycles. The molecule has 0 radical (unpaired) electrons. The van der Waals surface area contributed by atoms with E-state index in [1.54, 1.807) is 17.4 Å². The van der Waals surface area contributed by atoms with Gasteiger partial charge in [-0.1, -0.05) is 6.07 Å². The summed E-state index contributed by atoms with van der Waals surface area (Å²) in [5.74, 6) is -0.764. The van der Waals surface area contributed by atoms with Gasteiger partial charge in [-0.25, -0.2) is 4.79 Å². The number of carbonyl (C=O) groups excluding carboxylic acids is 2. The Labute approximate surface area is 140 Å². The van der Waals surface area contributed by atoms with Gasteiger partial charge in [-0.05, 0) is 45.2 Å². The van der Waals surface area contributed by atoms with Crippen molar-refractivity contribution in [3.05, 3.63) is 45.4 Å². The number of ether oxygens (including phenoxy) is 1. The largest absolute Gasteiger partial charge is 0.452 e. The molecular weight excluding hydrogens is 312 g/mol. The van der Waals surface area contributed by atoms with E-state index in [4.69, 9.17) is 4.74 Å². The molecule has 1 N–H and O–H groups in total. The lowest BCUT2D eigenvalue weighted by Gasteiger charge is -2.12. The van der Waals surface area contributed by atoms with Gasteiger partial charge >= 0.3 is 5.97 Å². The van der Waals surface area contributed by atoms with Crippen LogP contribution >= 0.6 is 11.3 Å². The molecule has 1 amide bonds. The highest BCUT2D eigenvalue weighted by Gasteiger charge is 2.18. The van der Waals surface area contributed by atoms with Gasteiger partial charge in [-0.3, -0.25) is 4.79 Å². The molecule has 1 atom stereocenters. The molecule has 0 spiro atoms. The summed E-state index contributed by atoms with van der Waals surface area (Å²) in [6.07, 6.45) is 0. The molecule has 0 aromatic carbocycles. The Morgan fingerprint density at radius 2 is 2.13 bits per heavy atom. The van der Waals surface area contributed by atoms with Crippen LogP contribution in [-0.2, 0) is 16.1 Å². The van der Waals surface area contributed by atoms with Gasteiger partial charge in [-0.15, -0.1) is 11.3 Å². The minimum Gasteiger partial charge on any atom is -0.452 e. The van der Waals surface area contributed by atoms with E-state index in [1.165, 1.54) is 0 Å². The molecule has 0 saturated carbocycles. The number of amides is 1. The van der Waals surface area contributed by atoms with Crippen LogP contribution in [0.4, 0.5) is 0 Å². The van der Waals surface area contributed by atoms with Crippen LogP contribution in [0.2, 0.25) is 0 Å². The summed E-state index contributed by atoms with van der Waals surface area (Å²) >= 11 is 1.58. The van der Waals surface area contributed by atoms with Crippen LogP contribution in [0.15, 0.2) is 23.6 Å². The third-order valence-electron chi connectivity index (χ3n) is 3.79. The van der Waals surface area contributed by atoms with Crippen LogP contribution in [-0.4, -0.2) is 23.1 Å². The van der Waals surface area contributed by atoms with Crippen LogP contribution in [0.1, 0.15) is 46.5 Å². The summed E-state index contributed by atoms with van der Waals surface area (Å²) in [4.78, 5) is 25.1. The minimum absolute atomic E-state index is 0.0913. The number of hydrogen-bond donors (Lipinski definition) is 1. The number of rotatable bonds is 6. The third-order valence-corrected chi connectivity index (χ3v) is 4.85. The van der Waals surface area contributed by atoms with Crippen molar-refractivity contribution in [3.8, 4) is 0 Å².